The molecule has 16 heavy (non-hydrogen) atoms. The summed E-state index contributed by atoms with van der Waals surface area (Å²) in [4.78, 5) is 20.1. The van der Waals surface area contributed by atoms with E-state index in [9.17, 15) is 9.18 Å². The van der Waals surface area contributed by atoms with Crippen molar-refractivity contribution >= 4 is 5.97 Å². The number of allylic oxidation sites excluding steroid dienone is 1. The lowest BCUT2D eigenvalue weighted by Gasteiger charge is -2.06. The lowest BCUT2D eigenvalue weighted by molar-refractivity contribution is -0.286. The van der Waals surface area contributed by atoms with E-state index >= 15 is 0 Å². The van der Waals surface area contributed by atoms with Crippen molar-refractivity contribution < 1.29 is 23.7 Å². The van der Waals surface area contributed by atoms with Crippen LogP contribution >= 0.6 is 0 Å². The zero-order valence-electron chi connectivity index (χ0n) is 9.99. The number of hydrogen-bond donors (Lipinski definition) is 0. The fraction of sp³-hybridized carbons (Fsp3) is 0.727. The minimum absolute atomic E-state index is 0.194. The lowest BCUT2D eigenvalue weighted by Crippen LogP contribution is -2.12. The van der Waals surface area contributed by atoms with Gasteiger partial charge in [-0.2, -0.15) is 0 Å². The average molecular weight is 234 g/mol. The Labute approximate surface area is 95.3 Å². The summed E-state index contributed by atoms with van der Waals surface area (Å²) in [5, 5.41) is 0. The second kappa shape index (κ2) is 9.30. The third-order valence-corrected chi connectivity index (χ3v) is 1.97. The molecule has 0 heterocycles. The molecule has 0 saturated carbocycles. The molecule has 0 saturated heterocycles. The van der Waals surface area contributed by atoms with E-state index in [1.807, 2.05) is 0 Å². The summed E-state index contributed by atoms with van der Waals surface area (Å²) < 4.78 is 17.6. The van der Waals surface area contributed by atoms with Crippen LogP contribution in [0, 0.1) is 5.92 Å². The minimum Gasteiger partial charge on any atom is -0.469 e. The Hall–Kier alpha value is -0.940. The number of methoxy groups -OCH3 is 1. The summed E-state index contributed by atoms with van der Waals surface area (Å²) in [7, 11) is 1.34. The molecule has 0 radical (unpaired) electrons. The van der Waals surface area contributed by atoms with E-state index in [1.54, 1.807) is 13.8 Å². The average Bonchev–Trinajstić information content (AvgIpc) is 2.28. The SMILES string of the molecule is CCOOC/C(F)=C/CCC(C)C(=O)OC. The first-order valence-corrected chi connectivity index (χ1v) is 5.28. The summed E-state index contributed by atoms with van der Waals surface area (Å²) in [6.07, 6.45) is 2.41. The van der Waals surface area contributed by atoms with E-state index in [4.69, 9.17) is 0 Å². The van der Waals surface area contributed by atoms with Gasteiger partial charge in [-0.1, -0.05) is 13.0 Å². The molecule has 0 amide bonds. The third-order valence-electron chi connectivity index (χ3n) is 1.97. The molecule has 0 rings (SSSR count). The zero-order chi connectivity index (χ0) is 12.4. The van der Waals surface area contributed by atoms with Gasteiger partial charge in [0.1, 0.15) is 12.4 Å². The van der Waals surface area contributed by atoms with Crippen LogP contribution in [0.1, 0.15) is 26.7 Å². The Morgan fingerprint density at radius 3 is 2.69 bits per heavy atom. The molecule has 0 N–H and O–H groups in total. The van der Waals surface area contributed by atoms with Crippen LogP contribution in [-0.2, 0) is 19.3 Å². The van der Waals surface area contributed by atoms with Crippen LogP contribution in [0.3, 0.4) is 0 Å². The lowest BCUT2D eigenvalue weighted by atomic mass is 10.1. The molecule has 0 bridgehead atoms. The molecule has 0 spiro atoms. The summed E-state index contributed by atoms with van der Waals surface area (Å²) >= 11 is 0. The molecule has 1 atom stereocenters. The number of halogens is 1. The van der Waals surface area contributed by atoms with E-state index < -0.39 is 5.83 Å². The van der Waals surface area contributed by atoms with Crippen LogP contribution < -0.4 is 0 Å². The molecule has 0 aromatic rings. The number of hydrogen-bond acceptors (Lipinski definition) is 4. The van der Waals surface area contributed by atoms with Crippen molar-refractivity contribution in [2.75, 3.05) is 20.3 Å². The van der Waals surface area contributed by atoms with Crippen molar-refractivity contribution in [3.8, 4) is 0 Å². The standard InChI is InChI=1S/C11H19FO4/c1-4-15-16-8-10(12)7-5-6-9(2)11(13)14-3/h7,9H,4-6,8H2,1-3H3/b10-7-. The Kier molecular flexibility index (Phi) is 8.75. The van der Waals surface area contributed by atoms with Gasteiger partial charge in [0, 0.05) is 0 Å². The quantitative estimate of drug-likeness (QED) is 0.280. The molecule has 4 nitrogen and oxygen atoms in total. The van der Waals surface area contributed by atoms with Crippen LogP contribution in [0.5, 0.6) is 0 Å². The predicted molar refractivity (Wildman–Crippen MR) is 57.2 cm³/mol. The first-order valence-electron chi connectivity index (χ1n) is 5.28. The smallest absolute Gasteiger partial charge is 0.308 e. The van der Waals surface area contributed by atoms with Gasteiger partial charge in [0.05, 0.1) is 19.6 Å². The minimum atomic E-state index is -0.398. The van der Waals surface area contributed by atoms with Crippen LogP contribution in [0.2, 0.25) is 0 Å². The van der Waals surface area contributed by atoms with Gasteiger partial charge in [0.2, 0.25) is 0 Å². The second-order valence-corrected chi connectivity index (χ2v) is 3.32. The summed E-state index contributed by atoms with van der Waals surface area (Å²) in [6, 6.07) is 0. The molecule has 0 aliphatic rings. The molecule has 0 aromatic heterocycles. The fourth-order valence-corrected chi connectivity index (χ4v) is 1.05. The summed E-state index contributed by atoms with van der Waals surface area (Å²) in [5.74, 6) is -0.897. The van der Waals surface area contributed by atoms with E-state index in [2.05, 4.69) is 14.5 Å². The van der Waals surface area contributed by atoms with Crippen molar-refractivity contribution in [1.29, 1.82) is 0 Å². The monoisotopic (exact) mass is 234 g/mol. The Morgan fingerprint density at radius 1 is 1.44 bits per heavy atom. The maximum Gasteiger partial charge on any atom is 0.308 e. The van der Waals surface area contributed by atoms with Gasteiger partial charge in [-0.25, -0.2) is 14.2 Å². The van der Waals surface area contributed by atoms with Gasteiger partial charge in [-0.05, 0) is 19.8 Å². The van der Waals surface area contributed by atoms with Crippen molar-refractivity contribution in [1.82, 2.24) is 0 Å². The largest absolute Gasteiger partial charge is 0.469 e. The van der Waals surface area contributed by atoms with Crippen LogP contribution in [0.25, 0.3) is 0 Å². The number of esters is 1. The van der Waals surface area contributed by atoms with Gasteiger partial charge >= 0.3 is 5.97 Å². The van der Waals surface area contributed by atoms with Crippen LogP contribution in [-0.4, -0.2) is 26.3 Å². The molecule has 0 aliphatic heterocycles. The maximum absolute atomic E-state index is 13.0. The Morgan fingerprint density at radius 2 is 2.12 bits per heavy atom. The fourth-order valence-electron chi connectivity index (χ4n) is 1.05. The molecule has 0 aromatic carbocycles. The van der Waals surface area contributed by atoms with E-state index in [-0.39, 0.29) is 18.5 Å². The number of rotatable bonds is 8. The van der Waals surface area contributed by atoms with Crippen molar-refractivity contribution in [2.24, 2.45) is 5.92 Å². The highest BCUT2D eigenvalue weighted by Gasteiger charge is 2.11. The topological polar surface area (TPSA) is 44.8 Å². The van der Waals surface area contributed by atoms with Gasteiger partial charge in [0.25, 0.3) is 0 Å². The van der Waals surface area contributed by atoms with Gasteiger partial charge < -0.3 is 4.74 Å². The first kappa shape index (κ1) is 15.1. The number of carbonyl (C=O) groups is 1. The van der Waals surface area contributed by atoms with Crippen molar-refractivity contribution in [3.05, 3.63) is 11.9 Å². The Bertz CT molecular complexity index is 228. The summed E-state index contributed by atoms with van der Waals surface area (Å²) in [6.45, 7) is 3.68. The maximum atomic E-state index is 13.0. The summed E-state index contributed by atoms with van der Waals surface area (Å²) in [5.41, 5.74) is 0. The van der Waals surface area contributed by atoms with E-state index in [1.165, 1.54) is 13.2 Å². The van der Waals surface area contributed by atoms with Crippen LogP contribution in [0.15, 0.2) is 11.9 Å². The van der Waals surface area contributed by atoms with Gasteiger partial charge in [-0.15, -0.1) is 0 Å². The second-order valence-electron chi connectivity index (χ2n) is 3.32. The molecule has 1 unspecified atom stereocenters. The third kappa shape index (κ3) is 7.36. The molecule has 94 valence electrons. The van der Waals surface area contributed by atoms with Crippen molar-refractivity contribution in [2.45, 2.75) is 26.7 Å². The predicted octanol–water partition coefficient (Wildman–Crippen LogP) is 2.40. The highest BCUT2D eigenvalue weighted by Crippen LogP contribution is 2.10. The van der Waals surface area contributed by atoms with Crippen molar-refractivity contribution in [3.63, 3.8) is 0 Å². The van der Waals surface area contributed by atoms with Gasteiger partial charge in [-0.3, -0.25) is 4.79 Å². The number of carbonyl (C=O) groups excluding carboxylic acids is 1. The zero-order valence-corrected chi connectivity index (χ0v) is 9.99. The van der Waals surface area contributed by atoms with Crippen LogP contribution in [0.4, 0.5) is 4.39 Å². The van der Waals surface area contributed by atoms with Gasteiger partial charge in [0.15, 0.2) is 0 Å². The molecule has 0 aliphatic carbocycles. The molecular formula is C11H19FO4. The first-order chi connectivity index (χ1) is 7.61. The Balaban J connectivity index is 3.69. The highest BCUT2D eigenvalue weighted by atomic mass is 19.1. The normalized spacial score (nSPS) is 13.6. The molecular weight excluding hydrogens is 215 g/mol. The van der Waals surface area contributed by atoms with E-state index in [0.717, 1.165) is 0 Å². The highest BCUT2D eigenvalue weighted by molar-refractivity contribution is 5.71. The molecule has 5 heteroatoms. The number of ether oxygens (including phenoxy) is 1. The molecule has 0 fully saturated rings. The van der Waals surface area contributed by atoms with E-state index in [0.29, 0.717) is 19.4 Å².